The van der Waals surface area contributed by atoms with Gasteiger partial charge in [-0.1, -0.05) is 0 Å². The van der Waals surface area contributed by atoms with Crippen LogP contribution in [0.3, 0.4) is 0 Å². The first-order valence-electron chi connectivity index (χ1n) is 9.05. The van der Waals surface area contributed by atoms with Crippen LogP contribution in [0.15, 0.2) is 53.7 Å². The van der Waals surface area contributed by atoms with Crippen molar-refractivity contribution in [3.8, 4) is 5.75 Å². The van der Waals surface area contributed by atoms with Gasteiger partial charge >= 0.3 is 0 Å². The SMILES string of the molecule is C[C@]1(O)CCCN(S(=O)(=O)c2ccc(OCc3ccncc3)cc2)[C@H]1C(=O)NO. The molecule has 1 aromatic carbocycles. The molecule has 1 fully saturated rings. The summed E-state index contributed by atoms with van der Waals surface area (Å²) < 4.78 is 32.8. The van der Waals surface area contributed by atoms with Gasteiger partial charge in [0.05, 0.1) is 10.5 Å². The number of pyridine rings is 1. The van der Waals surface area contributed by atoms with Crippen LogP contribution >= 0.6 is 0 Å². The minimum atomic E-state index is -4.08. The summed E-state index contributed by atoms with van der Waals surface area (Å²) in [5.41, 5.74) is 0.772. The lowest BCUT2D eigenvalue weighted by atomic mass is 9.87. The van der Waals surface area contributed by atoms with Crippen molar-refractivity contribution < 1.29 is 28.3 Å². The molecule has 1 aliphatic rings. The number of ether oxygens (including phenoxy) is 1. The molecule has 1 saturated heterocycles. The minimum Gasteiger partial charge on any atom is -0.489 e. The summed E-state index contributed by atoms with van der Waals surface area (Å²) in [6.07, 6.45) is 3.93. The van der Waals surface area contributed by atoms with Gasteiger partial charge in [0, 0.05) is 18.9 Å². The van der Waals surface area contributed by atoms with Crippen LogP contribution in [0.4, 0.5) is 0 Å². The zero-order valence-electron chi connectivity index (χ0n) is 15.9. The van der Waals surface area contributed by atoms with Gasteiger partial charge in [0.25, 0.3) is 5.91 Å². The number of benzene rings is 1. The molecule has 1 aliphatic heterocycles. The summed E-state index contributed by atoms with van der Waals surface area (Å²) in [6, 6.07) is 8.01. The van der Waals surface area contributed by atoms with Gasteiger partial charge in [0.15, 0.2) is 0 Å². The van der Waals surface area contributed by atoms with Gasteiger partial charge in [-0.3, -0.25) is 15.0 Å². The van der Waals surface area contributed by atoms with Crippen molar-refractivity contribution in [2.45, 2.75) is 42.9 Å². The molecule has 0 radical (unpaired) electrons. The third kappa shape index (κ3) is 4.56. The topological polar surface area (TPSA) is 129 Å². The first-order chi connectivity index (χ1) is 13.8. The van der Waals surface area contributed by atoms with Crippen LogP contribution < -0.4 is 10.2 Å². The Hall–Kier alpha value is -2.53. The van der Waals surface area contributed by atoms with Crippen LogP contribution in [-0.4, -0.2) is 52.1 Å². The van der Waals surface area contributed by atoms with E-state index in [1.807, 2.05) is 12.1 Å². The number of sulfonamides is 1. The monoisotopic (exact) mass is 421 g/mol. The van der Waals surface area contributed by atoms with Crippen LogP contribution in [0.5, 0.6) is 5.75 Å². The second kappa shape index (κ2) is 8.46. The van der Waals surface area contributed by atoms with Gasteiger partial charge in [-0.2, -0.15) is 4.31 Å². The van der Waals surface area contributed by atoms with E-state index in [9.17, 15) is 18.3 Å². The highest BCUT2D eigenvalue weighted by atomic mass is 32.2. The van der Waals surface area contributed by atoms with Gasteiger partial charge in [-0.25, -0.2) is 13.9 Å². The smallest absolute Gasteiger partial charge is 0.264 e. The summed E-state index contributed by atoms with van der Waals surface area (Å²) >= 11 is 0. The maximum Gasteiger partial charge on any atom is 0.264 e. The molecule has 10 heteroatoms. The number of carbonyl (C=O) groups excluding carboxylic acids is 1. The number of hydroxylamine groups is 1. The maximum absolute atomic E-state index is 13.1. The van der Waals surface area contributed by atoms with Crippen LogP contribution in [0, 0.1) is 0 Å². The van der Waals surface area contributed by atoms with E-state index in [0.29, 0.717) is 18.8 Å². The van der Waals surface area contributed by atoms with Crippen LogP contribution in [0.1, 0.15) is 25.3 Å². The van der Waals surface area contributed by atoms with Crippen molar-refractivity contribution in [3.63, 3.8) is 0 Å². The van der Waals surface area contributed by atoms with Crippen molar-refractivity contribution in [1.82, 2.24) is 14.8 Å². The predicted molar refractivity (Wildman–Crippen MR) is 102 cm³/mol. The molecule has 2 atom stereocenters. The van der Waals surface area contributed by atoms with E-state index < -0.39 is 27.6 Å². The average Bonchev–Trinajstić information content (AvgIpc) is 2.72. The molecule has 0 aliphatic carbocycles. The van der Waals surface area contributed by atoms with Crippen LogP contribution in [0.25, 0.3) is 0 Å². The van der Waals surface area contributed by atoms with Crippen molar-refractivity contribution in [1.29, 1.82) is 0 Å². The normalized spacial score (nSPS) is 22.8. The molecule has 3 N–H and O–H groups in total. The fourth-order valence-corrected chi connectivity index (χ4v) is 5.11. The Balaban J connectivity index is 1.80. The molecule has 0 bridgehead atoms. The molecule has 2 aromatic rings. The first kappa shape index (κ1) is 21.2. The zero-order chi connectivity index (χ0) is 21.1. The summed E-state index contributed by atoms with van der Waals surface area (Å²) in [5, 5.41) is 19.5. The quantitative estimate of drug-likeness (QED) is 0.470. The lowest BCUT2D eigenvalue weighted by molar-refractivity contribution is -0.144. The van der Waals surface area contributed by atoms with Crippen LogP contribution in [-0.2, 0) is 21.4 Å². The Morgan fingerprint density at radius 1 is 1.28 bits per heavy atom. The van der Waals surface area contributed by atoms with Gasteiger partial charge in [-0.05, 0) is 61.7 Å². The highest BCUT2D eigenvalue weighted by molar-refractivity contribution is 7.89. The highest BCUT2D eigenvalue weighted by Crippen LogP contribution is 2.32. The Morgan fingerprint density at radius 2 is 1.93 bits per heavy atom. The largest absolute Gasteiger partial charge is 0.489 e. The summed E-state index contributed by atoms with van der Waals surface area (Å²) in [4.78, 5) is 16.0. The summed E-state index contributed by atoms with van der Waals surface area (Å²) in [5.74, 6) is -0.494. The molecule has 0 saturated carbocycles. The summed E-state index contributed by atoms with van der Waals surface area (Å²) in [7, 11) is -4.08. The average molecular weight is 421 g/mol. The number of nitrogens with zero attached hydrogens (tertiary/aromatic N) is 2. The van der Waals surface area contributed by atoms with E-state index in [1.165, 1.54) is 36.7 Å². The Morgan fingerprint density at radius 3 is 2.55 bits per heavy atom. The van der Waals surface area contributed by atoms with E-state index >= 15 is 0 Å². The van der Waals surface area contributed by atoms with Crippen molar-refractivity contribution in [3.05, 3.63) is 54.4 Å². The fourth-order valence-electron chi connectivity index (χ4n) is 3.39. The van der Waals surface area contributed by atoms with E-state index in [4.69, 9.17) is 9.94 Å². The lowest BCUT2D eigenvalue weighted by Gasteiger charge is -2.42. The van der Waals surface area contributed by atoms with E-state index in [0.717, 1.165) is 9.87 Å². The molecular weight excluding hydrogens is 398 g/mol. The van der Waals surface area contributed by atoms with Crippen molar-refractivity contribution in [2.24, 2.45) is 0 Å². The summed E-state index contributed by atoms with van der Waals surface area (Å²) in [6.45, 7) is 1.74. The molecular formula is C19H23N3O6S. The van der Waals surface area contributed by atoms with Crippen molar-refractivity contribution in [2.75, 3.05) is 6.54 Å². The van der Waals surface area contributed by atoms with E-state index in [2.05, 4.69) is 4.98 Å². The van der Waals surface area contributed by atoms with Gasteiger partial charge < -0.3 is 9.84 Å². The standard InChI is InChI=1S/C19H23N3O6S/c1-19(24)9-2-12-22(17(19)18(23)21-25)29(26,27)16-5-3-15(4-6-16)28-13-14-7-10-20-11-8-14/h3-8,10-11,17,24-25H,2,9,12-13H2,1H3,(H,21,23)/t17-,19-/m0/s1. The fraction of sp³-hybridized carbons (Fsp3) is 0.368. The van der Waals surface area contributed by atoms with Gasteiger partial charge in [-0.15, -0.1) is 0 Å². The Bertz CT molecular complexity index is 948. The number of carbonyl (C=O) groups is 1. The third-order valence-electron chi connectivity index (χ3n) is 4.88. The molecule has 1 aromatic heterocycles. The number of nitrogens with one attached hydrogen (secondary N) is 1. The Labute approximate surface area is 169 Å². The zero-order valence-corrected chi connectivity index (χ0v) is 16.7. The molecule has 0 unspecified atom stereocenters. The number of hydrogen-bond donors (Lipinski definition) is 3. The lowest BCUT2D eigenvalue weighted by Crippen LogP contribution is -2.62. The highest BCUT2D eigenvalue weighted by Gasteiger charge is 2.49. The third-order valence-corrected chi connectivity index (χ3v) is 6.76. The Kier molecular flexibility index (Phi) is 6.18. The van der Waals surface area contributed by atoms with Crippen LogP contribution in [0.2, 0.25) is 0 Å². The number of rotatable bonds is 6. The number of aliphatic hydroxyl groups is 1. The molecule has 156 valence electrons. The van der Waals surface area contributed by atoms with Crippen molar-refractivity contribution >= 4 is 15.9 Å². The number of amides is 1. The number of hydrogen-bond acceptors (Lipinski definition) is 7. The van der Waals surface area contributed by atoms with E-state index in [-0.39, 0.29) is 17.9 Å². The molecule has 9 nitrogen and oxygen atoms in total. The second-order valence-corrected chi connectivity index (χ2v) is 8.96. The van der Waals surface area contributed by atoms with Gasteiger partial charge in [0.1, 0.15) is 18.4 Å². The molecule has 2 heterocycles. The molecule has 3 rings (SSSR count). The molecule has 0 spiro atoms. The minimum absolute atomic E-state index is 0.0396. The van der Waals surface area contributed by atoms with E-state index in [1.54, 1.807) is 12.4 Å². The molecule has 1 amide bonds. The predicted octanol–water partition coefficient (Wildman–Crippen LogP) is 1.07. The first-order valence-corrected chi connectivity index (χ1v) is 10.5. The maximum atomic E-state index is 13.1. The second-order valence-electron chi connectivity index (χ2n) is 7.07. The molecule has 29 heavy (non-hydrogen) atoms. The van der Waals surface area contributed by atoms with Gasteiger partial charge in [0.2, 0.25) is 10.0 Å². The number of piperidine rings is 1. The number of aromatic nitrogens is 1.